The molecule has 1 aromatic rings. The molecule has 1 rings (SSSR count). The first kappa shape index (κ1) is 10.9. The minimum atomic E-state index is 0.283. The first-order valence-corrected chi connectivity index (χ1v) is 5.60. The van der Waals surface area contributed by atoms with Crippen LogP contribution in [0, 0.1) is 6.92 Å². The Balaban J connectivity index is 2.87. The van der Waals surface area contributed by atoms with E-state index in [1.807, 2.05) is 25.1 Å². The van der Waals surface area contributed by atoms with Crippen LogP contribution in [0.25, 0.3) is 0 Å². The number of hydrogen-bond acceptors (Lipinski definition) is 1. The quantitative estimate of drug-likeness (QED) is 0.636. The van der Waals surface area contributed by atoms with Gasteiger partial charge in [-0.3, -0.25) is 0 Å². The number of rotatable bonds is 3. The van der Waals surface area contributed by atoms with Crippen LogP contribution < -0.4 is 5.32 Å². The van der Waals surface area contributed by atoms with Gasteiger partial charge in [0.15, 0.2) is 0 Å². The summed E-state index contributed by atoms with van der Waals surface area (Å²) in [6.07, 6.45) is 1.02. The molecule has 0 bridgehead atoms. The van der Waals surface area contributed by atoms with Crippen molar-refractivity contribution in [2.75, 3.05) is 5.32 Å². The van der Waals surface area contributed by atoms with Crippen LogP contribution >= 0.6 is 27.5 Å². The van der Waals surface area contributed by atoms with Crippen molar-refractivity contribution in [3.8, 4) is 0 Å². The lowest BCUT2D eigenvalue weighted by Gasteiger charge is -2.14. The second kappa shape index (κ2) is 4.87. The average Bonchev–Trinajstić information content (AvgIpc) is 2.11. The molecule has 0 spiro atoms. The zero-order valence-electron chi connectivity index (χ0n) is 7.77. The lowest BCUT2D eigenvalue weighted by atomic mass is 10.2. The lowest BCUT2D eigenvalue weighted by Crippen LogP contribution is -2.11. The summed E-state index contributed by atoms with van der Waals surface area (Å²) in [5.41, 5.74) is 2.19. The number of benzene rings is 1. The van der Waals surface area contributed by atoms with Gasteiger partial charge in [0.1, 0.15) is 0 Å². The minimum absolute atomic E-state index is 0.283. The molecule has 0 amide bonds. The molecule has 0 aromatic heterocycles. The molecule has 13 heavy (non-hydrogen) atoms. The zero-order chi connectivity index (χ0) is 9.84. The Hall–Kier alpha value is -0.210. The molecule has 0 fully saturated rings. The minimum Gasteiger partial charge on any atom is -0.371 e. The first-order chi connectivity index (χ1) is 6.15. The van der Waals surface area contributed by atoms with E-state index in [9.17, 15) is 0 Å². The molecule has 1 aromatic carbocycles. The van der Waals surface area contributed by atoms with Gasteiger partial charge in [-0.2, -0.15) is 0 Å². The molecule has 1 nitrogen and oxygen atoms in total. The maximum atomic E-state index is 6.05. The molecule has 0 saturated heterocycles. The Bertz CT molecular complexity index is 268. The number of hydrogen-bond donors (Lipinski definition) is 1. The van der Waals surface area contributed by atoms with Gasteiger partial charge in [-0.1, -0.05) is 46.6 Å². The van der Waals surface area contributed by atoms with Gasteiger partial charge >= 0.3 is 0 Å². The van der Waals surface area contributed by atoms with E-state index in [0.29, 0.717) is 0 Å². The lowest BCUT2D eigenvalue weighted by molar-refractivity contribution is 0.932. The average molecular weight is 263 g/mol. The topological polar surface area (TPSA) is 12.0 Å². The van der Waals surface area contributed by atoms with Crippen molar-refractivity contribution < 1.29 is 0 Å². The van der Waals surface area contributed by atoms with E-state index in [2.05, 4.69) is 28.2 Å². The summed E-state index contributed by atoms with van der Waals surface area (Å²) in [6.45, 7) is 4.15. The van der Waals surface area contributed by atoms with Crippen LogP contribution in [0.4, 0.5) is 5.69 Å². The predicted molar refractivity (Wildman–Crippen MR) is 62.8 cm³/mol. The number of halogens is 2. The van der Waals surface area contributed by atoms with Gasteiger partial charge in [0.05, 0.1) is 15.7 Å². The highest BCUT2D eigenvalue weighted by Gasteiger charge is 2.06. The number of aryl methyl sites for hydroxylation is 1. The Morgan fingerprint density at radius 2 is 2.23 bits per heavy atom. The van der Waals surface area contributed by atoms with Crippen LogP contribution in [-0.4, -0.2) is 4.95 Å². The normalized spacial score (nSPS) is 12.6. The highest BCUT2D eigenvalue weighted by atomic mass is 79.9. The van der Waals surface area contributed by atoms with E-state index in [-0.39, 0.29) is 4.95 Å². The molecule has 1 atom stereocenters. The van der Waals surface area contributed by atoms with Crippen LogP contribution in [-0.2, 0) is 0 Å². The molecular weight excluding hydrogens is 249 g/mol. The SMILES string of the molecule is CCC(Br)Nc1c(C)cccc1Cl. The van der Waals surface area contributed by atoms with Gasteiger partial charge in [0.25, 0.3) is 0 Å². The maximum Gasteiger partial charge on any atom is 0.0816 e. The third-order valence-corrected chi connectivity index (χ3v) is 3.07. The highest BCUT2D eigenvalue weighted by molar-refractivity contribution is 9.09. The van der Waals surface area contributed by atoms with Gasteiger partial charge in [-0.25, -0.2) is 0 Å². The molecule has 1 unspecified atom stereocenters. The van der Waals surface area contributed by atoms with E-state index < -0.39 is 0 Å². The summed E-state index contributed by atoms with van der Waals surface area (Å²) in [4.78, 5) is 0.283. The maximum absolute atomic E-state index is 6.05. The van der Waals surface area contributed by atoms with E-state index >= 15 is 0 Å². The molecule has 0 aliphatic rings. The Morgan fingerprint density at radius 3 is 2.77 bits per heavy atom. The third kappa shape index (κ3) is 2.89. The van der Waals surface area contributed by atoms with E-state index in [1.54, 1.807) is 0 Å². The fraction of sp³-hybridized carbons (Fsp3) is 0.400. The summed E-state index contributed by atoms with van der Waals surface area (Å²) < 4.78 is 0. The fourth-order valence-electron chi connectivity index (χ4n) is 1.07. The summed E-state index contributed by atoms with van der Waals surface area (Å²) in [6, 6.07) is 5.90. The highest BCUT2D eigenvalue weighted by Crippen LogP contribution is 2.27. The van der Waals surface area contributed by atoms with Crippen molar-refractivity contribution in [3.05, 3.63) is 28.8 Å². The standard InChI is InChI=1S/C10H13BrClN/c1-3-9(11)13-10-7(2)5-4-6-8(10)12/h4-6,9,13H,3H2,1-2H3. The van der Waals surface area contributed by atoms with Crippen LogP contribution in [0.2, 0.25) is 5.02 Å². The summed E-state index contributed by atoms with van der Waals surface area (Å²) in [7, 11) is 0. The first-order valence-electron chi connectivity index (χ1n) is 4.31. The van der Waals surface area contributed by atoms with Crippen molar-refractivity contribution in [2.45, 2.75) is 25.2 Å². The molecule has 0 aliphatic carbocycles. The monoisotopic (exact) mass is 261 g/mol. The van der Waals surface area contributed by atoms with Crippen LogP contribution in [0.3, 0.4) is 0 Å². The number of alkyl halides is 1. The summed E-state index contributed by atoms with van der Waals surface area (Å²) >= 11 is 9.56. The molecule has 0 aliphatic heterocycles. The van der Waals surface area contributed by atoms with E-state index in [0.717, 1.165) is 17.1 Å². The van der Waals surface area contributed by atoms with Crippen LogP contribution in [0.15, 0.2) is 18.2 Å². The van der Waals surface area contributed by atoms with Gasteiger partial charge in [-0.15, -0.1) is 0 Å². The van der Waals surface area contributed by atoms with Gasteiger partial charge in [-0.05, 0) is 25.0 Å². The molecule has 0 radical (unpaired) electrons. The molecule has 3 heteroatoms. The Kier molecular flexibility index (Phi) is 4.07. The number of nitrogens with one attached hydrogen (secondary N) is 1. The molecule has 0 saturated carbocycles. The van der Waals surface area contributed by atoms with Gasteiger partial charge in [0.2, 0.25) is 0 Å². The van der Waals surface area contributed by atoms with Crippen molar-refractivity contribution >= 4 is 33.2 Å². The zero-order valence-corrected chi connectivity index (χ0v) is 10.1. The fourth-order valence-corrected chi connectivity index (χ4v) is 1.58. The Labute approximate surface area is 92.6 Å². The largest absolute Gasteiger partial charge is 0.371 e. The van der Waals surface area contributed by atoms with Crippen LogP contribution in [0.1, 0.15) is 18.9 Å². The van der Waals surface area contributed by atoms with Crippen molar-refractivity contribution in [2.24, 2.45) is 0 Å². The third-order valence-electron chi connectivity index (χ3n) is 1.88. The molecule has 0 heterocycles. The molecule has 72 valence electrons. The molecule has 1 N–H and O–H groups in total. The smallest absolute Gasteiger partial charge is 0.0816 e. The Morgan fingerprint density at radius 1 is 1.54 bits per heavy atom. The second-order valence-corrected chi connectivity index (χ2v) is 4.46. The van der Waals surface area contributed by atoms with E-state index in [4.69, 9.17) is 11.6 Å². The van der Waals surface area contributed by atoms with Crippen molar-refractivity contribution in [1.82, 2.24) is 0 Å². The second-order valence-electron chi connectivity index (χ2n) is 2.95. The summed E-state index contributed by atoms with van der Waals surface area (Å²) in [5.74, 6) is 0. The predicted octanol–water partition coefficient (Wildman–Crippen LogP) is 4.19. The van der Waals surface area contributed by atoms with Gasteiger partial charge in [0, 0.05) is 0 Å². The molecular formula is C10H13BrClN. The number of para-hydroxylation sites is 1. The van der Waals surface area contributed by atoms with Crippen molar-refractivity contribution in [1.29, 1.82) is 0 Å². The van der Waals surface area contributed by atoms with E-state index in [1.165, 1.54) is 5.56 Å². The summed E-state index contributed by atoms with van der Waals surface area (Å²) in [5, 5.41) is 4.09. The van der Waals surface area contributed by atoms with Crippen LogP contribution in [0.5, 0.6) is 0 Å². The van der Waals surface area contributed by atoms with Gasteiger partial charge < -0.3 is 5.32 Å². The van der Waals surface area contributed by atoms with Crippen molar-refractivity contribution in [3.63, 3.8) is 0 Å². The number of anilines is 1.